The van der Waals surface area contributed by atoms with Gasteiger partial charge in [0.25, 0.3) is 0 Å². The van der Waals surface area contributed by atoms with Gasteiger partial charge in [-0.3, -0.25) is 4.98 Å². The number of fused-ring (bicyclic) bond motifs is 12. The van der Waals surface area contributed by atoms with Crippen LogP contribution < -0.4 is 9.80 Å². The second-order valence-corrected chi connectivity index (χ2v) is 26.8. The predicted molar refractivity (Wildman–Crippen MR) is 434 cm³/mol. The Morgan fingerprint density at radius 3 is 1.33 bits per heavy atom. The van der Waals surface area contributed by atoms with Gasteiger partial charge in [-0.2, -0.15) is 0 Å². The first kappa shape index (κ1) is 60.1. The maximum absolute atomic E-state index is 7.00. The molecule has 0 bridgehead atoms. The van der Waals surface area contributed by atoms with Crippen molar-refractivity contribution in [3.8, 4) is 77.9 Å². The Morgan fingerprint density at radius 2 is 0.663 bits per heavy atom. The number of pyridine rings is 2. The highest BCUT2D eigenvalue weighted by molar-refractivity contribution is 6.18. The number of para-hydroxylation sites is 1. The minimum absolute atomic E-state index is 0.612. The summed E-state index contributed by atoms with van der Waals surface area (Å²) in [6, 6.07) is 131. The first-order chi connectivity index (χ1) is 51.5. The monoisotopic (exact) mass is 1330 g/mol. The van der Waals surface area contributed by atoms with E-state index < -0.39 is 0 Å². The molecule has 0 spiro atoms. The number of rotatable bonds is 13. The number of furan rings is 2. The van der Waals surface area contributed by atoms with Gasteiger partial charge in [0, 0.05) is 55.9 Å². The molecule has 6 nitrogen and oxygen atoms in total. The van der Waals surface area contributed by atoms with Crippen molar-refractivity contribution in [3.63, 3.8) is 0 Å². The van der Waals surface area contributed by atoms with Crippen LogP contribution in [-0.2, 0) is 0 Å². The molecule has 20 aromatic rings. The summed E-state index contributed by atoms with van der Waals surface area (Å²) in [4.78, 5) is 14.3. The zero-order chi connectivity index (χ0) is 68.6. The van der Waals surface area contributed by atoms with E-state index in [1.165, 1.54) is 27.3 Å². The van der Waals surface area contributed by atoms with E-state index in [9.17, 15) is 0 Å². The van der Waals surface area contributed by atoms with Crippen molar-refractivity contribution in [1.82, 2.24) is 9.97 Å². The third-order valence-electron chi connectivity index (χ3n) is 20.7. The van der Waals surface area contributed by atoms with Crippen molar-refractivity contribution in [2.45, 2.75) is 0 Å². The smallest absolute Gasteiger partial charge is 0.227 e. The van der Waals surface area contributed by atoms with E-state index in [2.05, 4.69) is 373 Å². The Hall–Kier alpha value is -13.9. The molecule has 0 atom stereocenters. The Bertz CT molecular complexity index is 6690. The van der Waals surface area contributed by atoms with Crippen molar-refractivity contribution >= 4 is 121 Å². The number of anilines is 6. The van der Waals surface area contributed by atoms with Crippen LogP contribution in [0.4, 0.5) is 34.1 Å². The molecule has 16 aromatic carbocycles. The molecule has 104 heavy (non-hydrogen) atoms. The molecule has 0 radical (unpaired) electrons. The molecule has 0 aliphatic heterocycles. The zero-order valence-corrected chi connectivity index (χ0v) is 56.4. The average molecular weight is 1330 g/mol. The first-order valence-corrected chi connectivity index (χ1v) is 35.3. The van der Waals surface area contributed by atoms with Crippen LogP contribution in [0.2, 0.25) is 0 Å². The molecule has 0 saturated carbocycles. The van der Waals surface area contributed by atoms with Gasteiger partial charge >= 0.3 is 0 Å². The molecule has 486 valence electrons. The lowest BCUT2D eigenvalue weighted by atomic mass is 9.88. The fraction of sp³-hybridized carbons (Fsp3) is 0. The van der Waals surface area contributed by atoms with Crippen molar-refractivity contribution in [2.75, 3.05) is 9.80 Å². The molecular formula is C98H62N4O2. The lowest BCUT2D eigenvalue weighted by Gasteiger charge is -2.26. The van der Waals surface area contributed by atoms with Crippen LogP contribution >= 0.6 is 0 Å². The fourth-order valence-corrected chi connectivity index (χ4v) is 15.7. The number of benzene rings is 16. The SMILES string of the molecule is c1ccc(-c2ccc(N(c3ccc(-c4cc(-c5ccccc5)cc5cc(-c6ccccc6-c6cc(-c7ccc(N(c8ccc(-c9ccccc9)cc8)c8cccc9c8oc8c%10cccnc%10ccc98)cc7)c7ccccc7c6)ccc45)cc3)c3cnc4oc5c6ccccc6ccc5c4c3)cc2)cc1. The van der Waals surface area contributed by atoms with Gasteiger partial charge < -0.3 is 18.6 Å². The van der Waals surface area contributed by atoms with Gasteiger partial charge in [-0.25, -0.2) is 4.98 Å². The average Bonchev–Trinajstić information content (AvgIpc) is 1.46. The van der Waals surface area contributed by atoms with Crippen molar-refractivity contribution in [2.24, 2.45) is 0 Å². The van der Waals surface area contributed by atoms with E-state index in [-0.39, 0.29) is 0 Å². The molecule has 20 rings (SSSR count). The molecule has 4 heterocycles. The van der Waals surface area contributed by atoms with Crippen LogP contribution in [0.5, 0.6) is 0 Å². The highest BCUT2D eigenvalue weighted by Gasteiger charge is 2.24. The molecule has 0 N–H and O–H groups in total. The summed E-state index contributed by atoms with van der Waals surface area (Å²) in [6.45, 7) is 0. The van der Waals surface area contributed by atoms with Gasteiger partial charge in [0.15, 0.2) is 5.58 Å². The van der Waals surface area contributed by atoms with Crippen LogP contribution in [0.15, 0.2) is 385 Å². The summed E-state index contributed by atoms with van der Waals surface area (Å²) in [5.41, 5.74) is 26.0. The molecule has 0 aliphatic carbocycles. The van der Waals surface area contributed by atoms with Crippen LogP contribution in [0, 0.1) is 0 Å². The second kappa shape index (κ2) is 25.0. The zero-order valence-electron chi connectivity index (χ0n) is 56.4. The van der Waals surface area contributed by atoms with Crippen LogP contribution in [-0.4, -0.2) is 9.97 Å². The van der Waals surface area contributed by atoms with Crippen molar-refractivity contribution < 1.29 is 8.83 Å². The molecule has 4 aromatic heterocycles. The van der Waals surface area contributed by atoms with Crippen LogP contribution in [0.1, 0.15) is 0 Å². The Labute approximate surface area is 600 Å². The number of aromatic nitrogens is 2. The molecular weight excluding hydrogens is 1270 g/mol. The summed E-state index contributed by atoms with van der Waals surface area (Å²) in [5.74, 6) is 0. The summed E-state index contributed by atoms with van der Waals surface area (Å²) in [7, 11) is 0. The third kappa shape index (κ3) is 10.5. The van der Waals surface area contributed by atoms with E-state index in [0.29, 0.717) is 5.71 Å². The Kier molecular flexibility index (Phi) is 14.5. The van der Waals surface area contributed by atoms with Gasteiger partial charge in [0.2, 0.25) is 5.71 Å². The maximum Gasteiger partial charge on any atom is 0.227 e. The molecule has 6 heteroatoms. The predicted octanol–water partition coefficient (Wildman–Crippen LogP) is 27.5. The fourth-order valence-electron chi connectivity index (χ4n) is 15.7. The standard InChI is InChI=1S/C98H62N4O2/c1-4-18-63(19-5-1)66-33-43-76(44-34-66)101(80-61-92-88-52-41-68-24-10-13-29-85(68)95(88)104-98(92)100-62-80)77-47-37-69(38-48-77)90-59-73(65-22-8-3-9-23-65)58-74-57-72(42-51-84(74)90)81-26-14-15-28-83(81)75-56-71-25-11-12-27-82(71)91(60-75)70-39-49-79(50-40-70)102(78-45-35-67(36-46-78)64-20-6-2-7-21-64)94-32-16-30-86-87-53-54-93-89(31-17-55-99-93)96(87)103-97(86)94/h1-62H. The lowest BCUT2D eigenvalue weighted by Crippen LogP contribution is -2.10. The quantitative estimate of drug-likeness (QED) is 0.115. The van der Waals surface area contributed by atoms with Gasteiger partial charge in [-0.05, 0) is 226 Å². The normalized spacial score (nSPS) is 11.7. The molecule has 0 saturated heterocycles. The maximum atomic E-state index is 7.00. The Morgan fingerprint density at radius 1 is 0.212 bits per heavy atom. The highest BCUT2D eigenvalue weighted by Crippen LogP contribution is 2.48. The highest BCUT2D eigenvalue weighted by atomic mass is 16.3. The Balaban J connectivity index is 0.671. The van der Waals surface area contributed by atoms with Gasteiger partial charge in [-0.1, -0.05) is 243 Å². The summed E-state index contributed by atoms with van der Waals surface area (Å²) in [6.07, 6.45) is 3.77. The molecule has 0 aliphatic rings. The topological polar surface area (TPSA) is 58.5 Å². The van der Waals surface area contributed by atoms with Crippen LogP contribution in [0.25, 0.3) is 165 Å². The first-order valence-electron chi connectivity index (χ1n) is 35.3. The summed E-state index contributed by atoms with van der Waals surface area (Å²) >= 11 is 0. The van der Waals surface area contributed by atoms with Gasteiger partial charge in [0.1, 0.15) is 11.2 Å². The van der Waals surface area contributed by atoms with Crippen LogP contribution in [0.3, 0.4) is 0 Å². The lowest BCUT2D eigenvalue weighted by molar-refractivity contribution is 0.657. The third-order valence-corrected chi connectivity index (χ3v) is 20.7. The summed E-state index contributed by atoms with van der Waals surface area (Å²) < 4.78 is 13.5. The molecule has 0 fully saturated rings. The minimum atomic E-state index is 0.612. The van der Waals surface area contributed by atoms with E-state index in [1.807, 2.05) is 18.5 Å². The van der Waals surface area contributed by atoms with Gasteiger partial charge in [-0.15, -0.1) is 0 Å². The van der Waals surface area contributed by atoms with E-state index >= 15 is 0 Å². The van der Waals surface area contributed by atoms with E-state index in [0.717, 1.165) is 166 Å². The van der Waals surface area contributed by atoms with E-state index in [1.54, 1.807) is 0 Å². The second-order valence-electron chi connectivity index (χ2n) is 26.8. The molecule has 0 amide bonds. The molecule has 0 unspecified atom stereocenters. The number of hydrogen-bond acceptors (Lipinski definition) is 6. The van der Waals surface area contributed by atoms with Crippen molar-refractivity contribution in [3.05, 3.63) is 376 Å². The summed E-state index contributed by atoms with van der Waals surface area (Å²) in [5, 5.41) is 12.0. The van der Waals surface area contributed by atoms with Gasteiger partial charge in [0.05, 0.1) is 28.5 Å². The van der Waals surface area contributed by atoms with E-state index in [4.69, 9.17) is 13.8 Å². The minimum Gasteiger partial charge on any atom is -0.453 e. The number of hydrogen-bond donors (Lipinski definition) is 0. The van der Waals surface area contributed by atoms with Crippen molar-refractivity contribution in [1.29, 1.82) is 0 Å². The number of nitrogens with zero attached hydrogens (tertiary/aromatic N) is 4. The largest absolute Gasteiger partial charge is 0.453 e.